The van der Waals surface area contributed by atoms with Crippen LogP contribution in [-0.4, -0.2) is 11.7 Å². The average molecular weight is 314 g/mol. The quantitative estimate of drug-likeness (QED) is 0.799. The zero-order valence-electron chi connectivity index (χ0n) is 13.2. The second-order valence-electron chi connectivity index (χ2n) is 5.14. The van der Waals surface area contributed by atoms with E-state index >= 15 is 0 Å². The van der Waals surface area contributed by atoms with E-state index in [-0.39, 0.29) is 6.04 Å². The third kappa shape index (κ3) is 4.46. The summed E-state index contributed by atoms with van der Waals surface area (Å²) < 4.78 is 5.49. The number of hydrogen-bond acceptors (Lipinski definition) is 2. The standard InChI is InChI=1S/C18H22N2OS/c1-4-21-16-10-7-9-15(12-16)20-18(22)19-14(3)17-11-6-5-8-13(17)2/h5-12,14H,4H2,1-3H3,(H2,19,20,22)/t14-/m1/s1. The Morgan fingerprint density at radius 3 is 2.68 bits per heavy atom. The number of benzene rings is 2. The molecule has 0 aliphatic heterocycles. The predicted octanol–water partition coefficient (Wildman–Crippen LogP) is 4.44. The summed E-state index contributed by atoms with van der Waals surface area (Å²) in [5.41, 5.74) is 3.42. The first-order valence-corrected chi connectivity index (χ1v) is 7.87. The van der Waals surface area contributed by atoms with Crippen LogP contribution < -0.4 is 15.4 Å². The monoisotopic (exact) mass is 314 g/mol. The van der Waals surface area contributed by atoms with Crippen LogP contribution in [0.1, 0.15) is 31.0 Å². The Bertz CT molecular complexity index is 642. The van der Waals surface area contributed by atoms with Crippen LogP contribution in [0.5, 0.6) is 5.75 Å². The second-order valence-corrected chi connectivity index (χ2v) is 5.55. The van der Waals surface area contributed by atoms with Crippen molar-refractivity contribution >= 4 is 23.0 Å². The molecule has 0 radical (unpaired) electrons. The number of ether oxygens (including phenoxy) is 1. The van der Waals surface area contributed by atoms with E-state index in [0.717, 1.165) is 11.4 Å². The van der Waals surface area contributed by atoms with E-state index in [2.05, 4.69) is 36.6 Å². The number of aryl methyl sites for hydroxylation is 1. The van der Waals surface area contributed by atoms with Crippen LogP contribution in [0.3, 0.4) is 0 Å². The van der Waals surface area contributed by atoms with Gasteiger partial charge in [-0.1, -0.05) is 30.3 Å². The Labute approximate surface area is 137 Å². The summed E-state index contributed by atoms with van der Waals surface area (Å²) in [5.74, 6) is 0.835. The lowest BCUT2D eigenvalue weighted by atomic mass is 10.0. The molecule has 2 aromatic rings. The number of thiocarbonyl (C=S) groups is 1. The van der Waals surface area contributed by atoms with Crippen LogP contribution in [-0.2, 0) is 0 Å². The topological polar surface area (TPSA) is 33.3 Å². The molecule has 2 N–H and O–H groups in total. The summed E-state index contributed by atoms with van der Waals surface area (Å²) in [7, 11) is 0. The number of rotatable bonds is 5. The molecule has 0 saturated heterocycles. The maximum atomic E-state index is 5.49. The van der Waals surface area contributed by atoms with E-state index in [0.29, 0.717) is 11.7 Å². The summed E-state index contributed by atoms with van der Waals surface area (Å²) >= 11 is 5.40. The SMILES string of the molecule is CCOc1cccc(NC(=S)N[C@H](C)c2ccccc2C)c1. The van der Waals surface area contributed by atoms with Gasteiger partial charge >= 0.3 is 0 Å². The van der Waals surface area contributed by atoms with Crippen molar-refractivity contribution in [3.63, 3.8) is 0 Å². The molecule has 0 saturated carbocycles. The molecule has 0 amide bonds. The van der Waals surface area contributed by atoms with Gasteiger partial charge in [0.1, 0.15) is 5.75 Å². The van der Waals surface area contributed by atoms with Crippen molar-refractivity contribution in [3.8, 4) is 5.75 Å². The van der Waals surface area contributed by atoms with Crippen molar-refractivity contribution in [2.75, 3.05) is 11.9 Å². The fourth-order valence-corrected chi connectivity index (χ4v) is 2.64. The van der Waals surface area contributed by atoms with Crippen LogP contribution in [0.2, 0.25) is 0 Å². The summed E-state index contributed by atoms with van der Waals surface area (Å²) in [5, 5.41) is 7.12. The molecule has 0 fully saturated rings. The molecule has 0 spiro atoms. The van der Waals surface area contributed by atoms with Gasteiger partial charge in [-0.25, -0.2) is 0 Å². The number of anilines is 1. The Morgan fingerprint density at radius 2 is 1.95 bits per heavy atom. The smallest absolute Gasteiger partial charge is 0.171 e. The first-order chi connectivity index (χ1) is 10.6. The minimum atomic E-state index is 0.149. The lowest BCUT2D eigenvalue weighted by Gasteiger charge is -2.19. The largest absolute Gasteiger partial charge is 0.494 e. The molecule has 0 heterocycles. The van der Waals surface area contributed by atoms with Crippen LogP contribution in [0.4, 0.5) is 5.69 Å². The molecule has 1 atom stereocenters. The minimum absolute atomic E-state index is 0.149. The van der Waals surface area contributed by atoms with Gasteiger partial charge in [0.15, 0.2) is 5.11 Å². The third-order valence-corrected chi connectivity index (χ3v) is 3.63. The highest BCUT2D eigenvalue weighted by atomic mass is 32.1. The van der Waals surface area contributed by atoms with Crippen molar-refractivity contribution in [1.29, 1.82) is 0 Å². The maximum Gasteiger partial charge on any atom is 0.171 e. The molecule has 4 heteroatoms. The maximum absolute atomic E-state index is 5.49. The second kappa shape index (κ2) is 7.80. The molecular weight excluding hydrogens is 292 g/mol. The first-order valence-electron chi connectivity index (χ1n) is 7.46. The van der Waals surface area contributed by atoms with Gasteiger partial charge in [0.05, 0.1) is 12.6 Å². The van der Waals surface area contributed by atoms with Crippen molar-refractivity contribution in [2.24, 2.45) is 0 Å². The van der Waals surface area contributed by atoms with Crippen LogP contribution >= 0.6 is 12.2 Å². The van der Waals surface area contributed by atoms with E-state index in [1.807, 2.05) is 43.3 Å². The highest BCUT2D eigenvalue weighted by molar-refractivity contribution is 7.80. The average Bonchev–Trinajstić information content (AvgIpc) is 2.48. The zero-order valence-corrected chi connectivity index (χ0v) is 14.0. The summed E-state index contributed by atoms with van der Waals surface area (Å²) in [4.78, 5) is 0. The summed E-state index contributed by atoms with van der Waals surface area (Å²) in [6, 6.07) is 16.2. The van der Waals surface area contributed by atoms with Crippen molar-refractivity contribution in [1.82, 2.24) is 5.32 Å². The van der Waals surface area contributed by atoms with Gasteiger partial charge in [-0.2, -0.15) is 0 Å². The molecule has 0 aliphatic carbocycles. The number of hydrogen-bond donors (Lipinski definition) is 2. The number of nitrogens with one attached hydrogen (secondary N) is 2. The van der Waals surface area contributed by atoms with Crippen molar-refractivity contribution in [2.45, 2.75) is 26.8 Å². The van der Waals surface area contributed by atoms with E-state index < -0.39 is 0 Å². The van der Waals surface area contributed by atoms with Crippen LogP contribution in [0.15, 0.2) is 48.5 Å². The van der Waals surface area contributed by atoms with Crippen molar-refractivity contribution in [3.05, 3.63) is 59.7 Å². The van der Waals surface area contributed by atoms with Gasteiger partial charge in [-0.05, 0) is 56.2 Å². The normalized spacial score (nSPS) is 11.6. The lowest BCUT2D eigenvalue weighted by molar-refractivity contribution is 0.340. The van der Waals surface area contributed by atoms with E-state index in [1.54, 1.807) is 0 Å². The summed E-state index contributed by atoms with van der Waals surface area (Å²) in [6.45, 7) is 6.83. The van der Waals surface area contributed by atoms with Crippen LogP contribution in [0.25, 0.3) is 0 Å². The molecule has 0 unspecified atom stereocenters. The Morgan fingerprint density at radius 1 is 1.18 bits per heavy atom. The molecule has 2 rings (SSSR count). The fourth-order valence-electron chi connectivity index (χ4n) is 2.34. The Kier molecular flexibility index (Phi) is 5.78. The van der Waals surface area contributed by atoms with Crippen molar-refractivity contribution < 1.29 is 4.74 Å². The predicted molar refractivity (Wildman–Crippen MR) is 96.6 cm³/mol. The highest BCUT2D eigenvalue weighted by Crippen LogP contribution is 2.19. The van der Waals surface area contributed by atoms with Gasteiger partial charge in [0.25, 0.3) is 0 Å². The Hall–Kier alpha value is -2.07. The van der Waals surface area contributed by atoms with Gasteiger partial charge in [-0.15, -0.1) is 0 Å². The molecule has 0 aliphatic rings. The molecular formula is C18H22N2OS. The van der Waals surface area contributed by atoms with E-state index in [4.69, 9.17) is 17.0 Å². The van der Waals surface area contributed by atoms with E-state index in [1.165, 1.54) is 11.1 Å². The Balaban J connectivity index is 1.98. The van der Waals surface area contributed by atoms with Gasteiger partial charge in [-0.3, -0.25) is 0 Å². The fraction of sp³-hybridized carbons (Fsp3) is 0.278. The lowest BCUT2D eigenvalue weighted by Crippen LogP contribution is -2.31. The summed E-state index contributed by atoms with van der Waals surface area (Å²) in [6.07, 6.45) is 0. The molecule has 0 aromatic heterocycles. The van der Waals surface area contributed by atoms with Gasteiger partial charge in [0, 0.05) is 11.8 Å². The first kappa shape index (κ1) is 16.3. The zero-order chi connectivity index (χ0) is 15.9. The minimum Gasteiger partial charge on any atom is -0.494 e. The van der Waals surface area contributed by atoms with Crippen LogP contribution in [0, 0.1) is 6.92 Å². The third-order valence-electron chi connectivity index (χ3n) is 3.41. The van der Waals surface area contributed by atoms with Gasteiger partial charge in [0.2, 0.25) is 0 Å². The van der Waals surface area contributed by atoms with Gasteiger partial charge < -0.3 is 15.4 Å². The highest BCUT2D eigenvalue weighted by Gasteiger charge is 2.09. The molecule has 3 nitrogen and oxygen atoms in total. The molecule has 2 aromatic carbocycles. The molecule has 0 bridgehead atoms. The van der Waals surface area contributed by atoms with E-state index in [9.17, 15) is 0 Å². The molecule has 22 heavy (non-hydrogen) atoms. The molecule has 116 valence electrons.